The maximum Gasteiger partial charge on any atom is 0.247 e. The predicted molar refractivity (Wildman–Crippen MR) is 157 cm³/mol. The summed E-state index contributed by atoms with van der Waals surface area (Å²) in [5.41, 5.74) is 6.61. The summed E-state index contributed by atoms with van der Waals surface area (Å²) in [6.45, 7) is 3.60. The summed E-state index contributed by atoms with van der Waals surface area (Å²) in [5.74, 6) is -0.188. The highest BCUT2D eigenvalue weighted by Gasteiger charge is 2.34. The van der Waals surface area contributed by atoms with Crippen molar-refractivity contribution in [1.29, 1.82) is 0 Å². The van der Waals surface area contributed by atoms with Crippen LogP contribution in [0.25, 0.3) is 6.08 Å². The first kappa shape index (κ1) is 26.2. The minimum absolute atomic E-state index is 0.0126. The van der Waals surface area contributed by atoms with Gasteiger partial charge in [-0.3, -0.25) is 9.59 Å². The lowest BCUT2D eigenvalue weighted by molar-refractivity contribution is -0.144. The number of fused-ring (bicyclic) bond motifs is 1. The number of amides is 2. The van der Waals surface area contributed by atoms with Crippen LogP contribution < -0.4 is 0 Å². The second-order valence-electron chi connectivity index (χ2n) is 10.2. The van der Waals surface area contributed by atoms with Crippen molar-refractivity contribution in [3.8, 4) is 0 Å². The van der Waals surface area contributed by atoms with Crippen molar-refractivity contribution in [2.45, 2.75) is 38.9 Å². The van der Waals surface area contributed by atoms with Gasteiger partial charge in [-0.05, 0) is 47.2 Å². The van der Waals surface area contributed by atoms with Gasteiger partial charge in [-0.15, -0.1) is 0 Å². The largest absolute Gasteiger partial charge is 0.336 e. The zero-order valence-electron chi connectivity index (χ0n) is 22.4. The van der Waals surface area contributed by atoms with Crippen LogP contribution in [0.5, 0.6) is 0 Å². The summed E-state index contributed by atoms with van der Waals surface area (Å²) in [4.78, 5) is 31.8. The Balaban J connectivity index is 1.48. The van der Waals surface area contributed by atoms with E-state index in [9.17, 15) is 9.59 Å². The van der Waals surface area contributed by atoms with Crippen LogP contribution in [0.15, 0.2) is 115 Å². The Bertz CT molecular complexity index is 1430. The van der Waals surface area contributed by atoms with Crippen molar-refractivity contribution >= 4 is 17.9 Å². The molecule has 0 radical (unpaired) electrons. The molecular formula is C35H34N2O2. The highest BCUT2D eigenvalue weighted by Crippen LogP contribution is 2.23. The average molecular weight is 515 g/mol. The van der Waals surface area contributed by atoms with E-state index in [4.69, 9.17) is 0 Å². The average Bonchev–Trinajstić information content (AvgIpc) is 2.99. The normalized spacial score (nSPS) is 13.6. The number of carbonyl (C=O) groups excluding carboxylic acids is 2. The van der Waals surface area contributed by atoms with E-state index in [0.29, 0.717) is 26.1 Å². The van der Waals surface area contributed by atoms with Crippen molar-refractivity contribution in [1.82, 2.24) is 9.80 Å². The van der Waals surface area contributed by atoms with Gasteiger partial charge >= 0.3 is 0 Å². The second kappa shape index (κ2) is 12.4. The molecule has 4 aromatic rings. The molecule has 0 fully saturated rings. The molecule has 1 aliphatic heterocycles. The molecule has 5 rings (SSSR count). The maximum absolute atomic E-state index is 14.3. The first-order valence-corrected chi connectivity index (χ1v) is 13.6. The predicted octanol–water partition coefficient (Wildman–Crippen LogP) is 6.23. The van der Waals surface area contributed by atoms with Crippen LogP contribution in [0.1, 0.15) is 33.4 Å². The zero-order valence-corrected chi connectivity index (χ0v) is 22.4. The van der Waals surface area contributed by atoms with Crippen LogP contribution in [0.2, 0.25) is 0 Å². The Hall–Kier alpha value is -4.44. The van der Waals surface area contributed by atoms with Crippen LogP contribution >= 0.6 is 0 Å². The quantitative estimate of drug-likeness (QED) is 0.262. The van der Waals surface area contributed by atoms with Gasteiger partial charge in [-0.1, -0.05) is 115 Å². The molecule has 0 saturated heterocycles. The van der Waals surface area contributed by atoms with E-state index in [-0.39, 0.29) is 11.8 Å². The van der Waals surface area contributed by atoms with Crippen molar-refractivity contribution in [3.05, 3.63) is 149 Å². The molecule has 0 unspecified atom stereocenters. The molecule has 4 heteroatoms. The number of aryl methyl sites for hydroxylation is 1. The number of benzene rings is 4. The summed E-state index contributed by atoms with van der Waals surface area (Å²) >= 11 is 0. The molecule has 39 heavy (non-hydrogen) atoms. The second-order valence-corrected chi connectivity index (χ2v) is 10.2. The van der Waals surface area contributed by atoms with Gasteiger partial charge in [0.2, 0.25) is 11.8 Å². The monoisotopic (exact) mass is 514 g/mol. The van der Waals surface area contributed by atoms with Gasteiger partial charge in [-0.25, -0.2) is 0 Å². The van der Waals surface area contributed by atoms with Crippen molar-refractivity contribution in [2.24, 2.45) is 0 Å². The third kappa shape index (κ3) is 6.71. The Morgan fingerprint density at radius 3 is 2.10 bits per heavy atom. The molecule has 0 spiro atoms. The van der Waals surface area contributed by atoms with Gasteiger partial charge in [0.25, 0.3) is 0 Å². The third-order valence-corrected chi connectivity index (χ3v) is 7.35. The molecule has 4 aromatic carbocycles. The Kier molecular flexibility index (Phi) is 8.33. The fraction of sp³-hybridized carbons (Fsp3) is 0.200. The van der Waals surface area contributed by atoms with Gasteiger partial charge < -0.3 is 9.80 Å². The van der Waals surface area contributed by atoms with Crippen molar-refractivity contribution in [3.63, 3.8) is 0 Å². The van der Waals surface area contributed by atoms with Crippen LogP contribution in [-0.2, 0) is 35.5 Å². The van der Waals surface area contributed by atoms with Crippen molar-refractivity contribution in [2.75, 3.05) is 6.54 Å². The molecule has 4 nitrogen and oxygen atoms in total. The molecule has 2 amide bonds. The Morgan fingerprint density at radius 1 is 0.795 bits per heavy atom. The Labute approximate surface area is 231 Å². The first-order valence-electron chi connectivity index (χ1n) is 13.6. The van der Waals surface area contributed by atoms with Gasteiger partial charge in [-0.2, -0.15) is 0 Å². The van der Waals surface area contributed by atoms with E-state index >= 15 is 0 Å². The van der Waals surface area contributed by atoms with Gasteiger partial charge in [0, 0.05) is 32.1 Å². The number of carbonyl (C=O) groups is 2. The lowest BCUT2D eigenvalue weighted by atomic mass is 9.97. The highest BCUT2D eigenvalue weighted by molar-refractivity contribution is 5.95. The van der Waals surface area contributed by atoms with Gasteiger partial charge in [0.1, 0.15) is 6.04 Å². The summed E-state index contributed by atoms with van der Waals surface area (Å²) in [7, 11) is 0. The van der Waals surface area contributed by atoms with E-state index in [2.05, 4.69) is 18.2 Å². The smallest absolute Gasteiger partial charge is 0.247 e. The molecule has 0 saturated carbocycles. The van der Waals surface area contributed by atoms with Crippen LogP contribution in [0.4, 0.5) is 0 Å². The molecule has 1 atom stereocenters. The van der Waals surface area contributed by atoms with Gasteiger partial charge in [0.15, 0.2) is 0 Å². The Morgan fingerprint density at radius 2 is 1.41 bits per heavy atom. The molecule has 196 valence electrons. The minimum atomic E-state index is -0.631. The number of nitrogens with zero attached hydrogens (tertiary/aromatic N) is 2. The number of rotatable bonds is 8. The fourth-order valence-electron chi connectivity index (χ4n) is 5.13. The lowest BCUT2D eigenvalue weighted by Crippen LogP contribution is -2.52. The first-order chi connectivity index (χ1) is 19.1. The maximum atomic E-state index is 14.3. The van der Waals surface area contributed by atoms with E-state index in [1.54, 1.807) is 11.0 Å². The standard InChI is InChI=1S/C35H34N2O2/c1-27-16-18-28(19-17-27)20-21-34(38)37(25-30-12-6-3-7-13-30)33(24-29-10-4-2-5-11-29)35(39)36-23-22-31-14-8-9-15-32(31)26-36/h2-21,33H,22-26H2,1H3/b21-20+/t33-/m0/s1. The van der Waals surface area contributed by atoms with Crippen LogP contribution in [0.3, 0.4) is 0 Å². The van der Waals surface area contributed by atoms with E-state index in [0.717, 1.165) is 23.1 Å². The molecule has 1 heterocycles. The molecule has 0 aromatic heterocycles. The fourth-order valence-corrected chi connectivity index (χ4v) is 5.13. The van der Waals surface area contributed by atoms with E-state index < -0.39 is 6.04 Å². The lowest BCUT2D eigenvalue weighted by Gasteiger charge is -2.36. The zero-order chi connectivity index (χ0) is 27.0. The summed E-state index contributed by atoms with van der Waals surface area (Å²) in [6, 6.07) is 35.6. The molecule has 0 bridgehead atoms. The molecule has 0 N–H and O–H groups in total. The summed E-state index contributed by atoms with van der Waals surface area (Å²) in [5, 5.41) is 0. The van der Waals surface area contributed by atoms with Crippen LogP contribution in [0, 0.1) is 6.92 Å². The molecule has 1 aliphatic rings. The molecule has 0 aliphatic carbocycles. The SMILES string of the molecule is Cc1ccc(/C=C/C(=O)N(Cc2ccccc2)[C@@H](Cc2ccccc2)C(=O)N2CCc3ccccc3C2)cc1. The highest BCUT2D eigenvalue weighted by atomic mass is 16.2. The van der Waals surface area contributed by atoms with Crippen molar-refractivity contribution < 1.29 is 9.59 Å². The van der Waals surface area contributed by atoms with Crippen LogP contribution in [-0.4, -0.2) is 34.2 Å². The van der Waals surface area contributed by atoms with E-state index in [1.807, 2.05) is 109 Å². The van der Waals surface area contributed by atoms with Gasteiger partial charge in [0.05, 0.1) is 0 Å². The van der Waals surface area contributed by atoms with E-state index in [1.165, 1.54) is 16.7 Å². The molecular weight excluding hydrogens is 480 g/mol. The minimum Gasteiger partial charge on any atom is -0.336 e. The summed E-state index contributed by atoms with van der Waals surface area (Å²) in [6.07, 6.45) is 4.71. The summed E-state index contributed by atoms with van der Waals surface area (Å²) < 4.78 is 0. The topological polar surface area (TPSA) is 40.6 Å². The third-order valence-electron chi connectivity index (χ3n) is 7.35. The number of hydrogen-bond acceptors (Lipinski definition) is 2. The number of hydrogen-bond donors (Lipinski definition) is 0.